The number of piperidine rings is 1. The van der Waals surface area contributed by atoms with Crippen LogP contribution in [-0.4, -0.2) is 53.5 Å². The van der Waals surface area contributed by atoms with Crippen LogP contribution in [-0.2, 0) is 6.54 Å². The number of amides is 1. The van der Waals surface area contributed by atoms with Crippen molar-refractivity contribution in [2.75, 3.05) is 27.2 Å². The molecular weight excluding hydrogens is 310 g/mol. The molecule has 0 aliphatic carbocycles. The van der Waals surface area contributed by atoms with E-state index in [0.29, 0.717) is 6.04 Å². The van der Waals surface area contributed by atoms with Crippen LogP contribution >= 0.6 is 0 Å². The molecule has 0 spiro atoms. The Morgan fingerprint density at radius 2 is 1.92 bits per heavy atom. The molecule has 0 radical (unpaired) electrons. The van der Waals surface area contributed by atoms with Gasteiger partial charge in [0.25, 0.3) is 5.91 Å². The molecule has 4 nitrogen and oxygen atoms in total. The normalized spacial score (nSPS) is 16.5. The van der Waals surface area contributed by atoms with Gasteiger partial charge >= 0.3 is 0 Å². The van der Waals surface area contributed by atoms with Crippen molar-refractivity contribution < 1.29 is 4.79 Å². The Morgan fingerprint density at radius 3 is 2.60 bits per heavy atom. The molecule has 1 aliphatic heterocycles. The number of benzene rings is 1. The van der Waals surface area contributed by atoms with Gasteiger partial charge in [-0.05, 0) is 58.0 Å². The number of para-hydroxylation sites is 1. The average Bonchev–Trinajstić information content (AvgIpc) is 2.91. The fourth-order valence-corrected chi connectivity index (χ4v) is 4.02. The lowest BCUT2D eigenvalue weighted by Gasteiger charge is -2.35. The average molecular weight is 341 g/mol. The number of fused-ring (bicyclic) bond motifs is 1. The number of aryl methyl sites for hydroxylation is 2. The Kier molecular flexibility index (Phi) is 5.48. The van der Waals surface area contributed by atoms with Crippen LogP contribution in [0, 0.1) is 6.92 Å². The van der Waals surface area contributed by atoms with E-state index >= 15 is 0 Å². The first-order valence-corrected chi connectivity index (χ1v) is 9.58. The summed E-state index contributed by atoms with van der Waals surface area (Å²) in [5.74, 6) is 0.180. The minimum absolute atomic E-state index is 0.180. The van der Waals surface area contributed by atoms with Gasteiger partial charge in [-0.3, -0.25) is 4.79 Å². The topological polar surface area (TPSA) is 28.5 Å². The van der Waals surface area contributed by atoms with Crippen molar-refractivity contribution in [3.05, 3.63) is 35.5 Å². The summed E-state index contributed by atoms with van der Waals surface area (Å²) in [6, 6.07) is 8.76. The zero-order valence-electron chi connectivity index (χ0n) is 16.1. The quantitative estimate of drug-likeness (QED) is 0.825. The fraction of sp³-hybridized carbons (Fsp3) is 0.571. The van der Waals surface area contributed by atoms with Gasteiger partial charge in [0.15, 0.2) is 0 Å². The number of hydrogen-bond donors (Lipinski definition) is 0. The van der Waals surface area contributed by atoms with Crippen molar-refractivity contribution >= 4 is 16.8 Å². The van der Waals surface area contributed by atoms with Crippen molar-refractivity contribution in [3.8, 4) is 0 Å². The van der Waals surface area contributed by atoms with Gasteiger partial charge in [-0.25, -0.2) is 0 Å². The van der Waals surface area contributed by atoms with E-state index in [2.05, 4.69) is 54.6 Å². The predicted molar refractivity (Wildman–Crippen MR) is 104 cm³/mol. The van der Waals surface area contributed by atoms with Gasteiger partial charge < -0.3 is 14.4 Å². The number of nitrogens with zero attached hydrogens (tertiary/aromatic N) is 3. The van der Waals surface area contributed by atoms with Gasteiger partial charge in [-0.2, -0.15) is 0 Å². The highest BCUT2D eigenvalue weighted by Gasteiger charge is 2.28. The number of carbonyl (C=O) groups excluding carboxylic acids is 1. The highest BCUT2D eigenvalue weighted by Crippen LogP contribution is 2.28. The summed E-state index contributed by atoms with van der Waals surface area (Å²) < 4.78 is 2.25. The first-order chi connectivity index (χ1) is 12.0. The number of rotatable bonds is 5. The van der Waals surface area contributed by atoms with Gasteiger partial charge in [-0.15, -0.1) is 0 Å². The van der Waals surface area contributed by atoms with Crippen LogP contribution in [0.5, 0.6) is 0 Å². The number of aromatic nitrogens is 1. The molecule has 1 aromatic heterocycles. The van der Waals surface area contributed by atoms with Gasteiger partial charge in [-0.1, -0.05) is 31.5 Å². The maximum absolute atomic E-state index is 13.4. The van der Waals surface area contributed by atoms with Crippen molar-refractivity contribution in [2.24, 2.45) is 0 Å². The Morgan fingerprint density at radius 1 is 1.24 bits per heavy atom. The smallest absolute Gasteiger partial charge is 0.270 e. The van der Waals surface area contributed by atoms with Gasteiger partial charge in [0.1, 0.15) is 5.69 Å². The third-order valence-electron chi connectivity index (χ3n) is 5.72. The summed E-state index contributed by atoms with van der Waals surface area (Å²) in [5.41, 5.74) is 3.20. The SMILES string of the molecule is CCCCn1c(C(=O)N(C)C2CCN(C)CC2)c(C)c2ccccc21. The molecule has 1 amide bonds. The predicted octanol–water partition coefficient (Wildman–Crippen LogP) is 3.92. The lowest BCUT2D eigenvalue weighted by Crippen LogP contribution is -2.45. The molecule has 25 heavy (non-hydrogen) atoms. The first-order valence-electron chi connectivity index (χ1n) is 9.58. The zero-order valence-corrected chi connectivity index (χ0v) is 16.1. The largest absolute Gasteiger partial charge is 0.337 e. The highest BCUT2D eigenvalue weighted by atomic mass is 16.2. The molecule has 4 heteroatoms. The van der Waals surface area contributed by atoms with Crippen LogP contribution in [0.25, 0.3) is 10.9 Å². The molecule has 0 bridgehead atoms. The standard InChI is InChI=1S/C21H31N3O/c1-5-6-13-24-19-10-8-7-9-18(19)16(2)20(24)21(25)23(4)17-11-14-22(3)15-12-17/h7-10,17H,5-6,11-15H2,1-4H3. The van der Waals surface area contributed by atoms with Crippen LogP contribution in [0.1, 0.15) is 48.7 Å². The number of likely N-dealkylation sites (tertiary alicyclic amines) is 1. The van der Waals surface area contributed by atoms with E-state index < -0.39 is 0 Å². The molecule has 1 aliphatic rings. The summed E-state index contributed by atoms with van der Waals surface area (Å²) in [6.45, 7) is 7.35. The van der Waals surface area contributed by atoms with Crippen LogP contribution in [0.15, 0.2) is 24.3 Å². The van der Waals surface area contributed by atoms with Crippen LogP contribution in [0.3, 0.4) is 0 Å². The van der Waals surface area contributed by atoms with Crippen molar-refractivity contribution in [1.29, 1.82) is 0 Å². The monoisotopic (exact) mass is 341 g/mol. The molecule has 1 fully saturated rings. The fourth-order valence-electron chi connectivity index (χ4n) is 4.02. The number of hydrogen-bond acceptors (Lipinski definition) is 2. The minimum Gasteiger partial charge on any atom is -0.337 e. The highest BCUT2D eigenvalue weighted by molar-refractivity contribution is 6.01. The lowest BCUT2D eigenvalue weighted by molar-refractivity contribution is 0.0648. The molecule has 0 N–H and O–H groups in total. The first kappa shape index (κ1) is 18.0. The van der Waals surface area contributed by atoms with E-state index in [-0.39, 0.29) is 5.91 Å². The van der Waals surface area contributed by atoms with Crippen LogP contribution in [0.2, 0.25) is 0 Å². The van der Waals surface area contributed by atoms with E-state index in [9.17, 15) is 4.79 Å². The summed E-state index contributed by atoms with van der Waals surface area (Å²) in [5, 5.41) is 1.21. The Labute approximate surface area is 151 Å². The lowest BCUT2D eigenvalue weighted by atomic mass is 10.0. The molecule has 1 saturated heterocycles. The van der Waals surface area contributed by atoms with E-state index in [4.69, 9.17) is 0 Å². The minimum atomic E-state index is 0.180. The molecule has 1 aromatic carbocycles. The second-order valence-electron chi connectivity index (χ2n) is 7.45. The molecule has 0 saturated carbocycles. The molecule has 136 valence electrons. The van der Waals surface area contributed by atoms with E-state index in [1.54, 1.807) is 0 Å². The van der Waals surface area contributed by atoms with Gasteiger partial charge in [0, 0.05) is 30.5 Å². The molecule has 0 unspecified atom stereocenters. The molecule has 3 rings (SSSR count). The summed E-state index contributed by atoms with van der Waals surface area (Å²) in [7, 11) is 4.14. The van der Waals surface area contributed by atoms with Crippen molar-refractivity contribution in [2.45, 2.75) is 52.1 Å². The third-order valence-corrected chi connectivity index (χ3v) is 5.72. The van der Waals surface area contributed by atoms with Gasteiger partial charge in [0.05, 0.1) is 0 Å². The summed E-state index contributed by atoms with van der Waals surface area (Å²) in [4.78, 5) is 17.7. The van der Waals surface area contributed by atoms with Crippen molar-refractivity contribution in [1.82, 2.24) is 14.4 Å². The molecule has 0 atom stereocenters. The van der Waals surface area contributed by atoms with Crippen molar-refractivity contribution in [3.63, 3.8) is 0 Å². The Balaban J connectivity index is 1.95. The summed E-state index contributed by atoms with van der Waals surface area (Å²) in [6.07, 6.45) is 4.35. The second kappa shape index (κ2) is 7.61. The maximum atomic E-state index is 13.4. The van der Waals surface area contributed by atoms with E-state index in [0.717, 1.165) is 56.6 Å². The zero-order chi connectivity index (χ0) is 18.0. The molecule has 2 aromatic rings. The van der Waals surface area contributed by atoms with Crippen LogP contribution in [0.4, 0.5) is 0 Å². The summed E-state index contributed by atoms with van der Waals surface area (Å²) >= 11 is 0. The number of carbonyl (C=O) groups is 1. The van der Waals surface area contributed by atoms with Gasteiger partial charge in [0.2, 0.25) is 0 Å². The number of unbranched alkanes of at least 4 members (excludes halogenated alkanes) is 1. The maximum Gasteiger partial charge on any atom is 0.270 e. The second-order valence-corrected chi connectivity index (χ2v) is 7.45. The Hall–Kier alpha value is -1.81. The third kappa shape index (κ3) is 3.45. The molecular formula is C21H31N3O. The Bertz CT molecular complexity index is 741. The van der Waals surface area contributed by atoms with E-state index in [1.165, 1.54) is 10.9 Å². The van der Waals surface area contributed by atoms with E-state index in [1.807, 2.05) is 11.9 Å². The molecule has 2 heterocycles. The van der Waals surface area contributed by atoms with Crippen LogP contribution < -0.4 is 0 Å².